The molecule has 0 spiro atoms. The number of nitrogens with zero attached hydrogens (tertiary/aromatic N) is 4. The lowest BCUT2D eigenvalue weighted by Crippen LogP contribution is -2.49. The van der Waals surface area contributed by atoms with Gasteiger partial charge in [0.2, 0.25) is 0 Å². The van der Waals surface area contributed by atoms with E-state index in [1.54, 1.807) is 31.3 Å². The van der Waals surface area contributed by atoms with Gasteiger partial charge in [-0.2, -0.15) is 0 Å². The average Bonchev–Trinajstić information content (AvgIpc) is 3.45. The third-order valence-electron chi connectivity index (χ3n) is 11.5. The Labute approximate surface area is 333 Å². The van der Waals surface area contributed by atoms with Crippen LogP contribution in [0.4, 0.5) is 11.4 Å². The summed E-state index contributed by atoms with van der Waals surface area (Å²) >= 11 is 0. The molecule has 0 aliphatic carbocycles. The molecule has 0 radical (unpaired) electrons. The zero-order valence-electron chi connectivity index (χ0n) is 34.8. The highest BCUT2D eigenvalue weighted by atomic mass is 16.5. The van der Waals surface area contributed by atoms with Crippen molar-refractivity contribution in [2.24, 2.45) is 21.6 Å². The maximum Gasteiger partial charge on any atom is 0.257 e. The standard InChI is InChI=1S/C44H63N5O7/c1-11-30(4)49-32(26-50)25-47(23-29(3)21-45)41(51)34-18-38(54-10)40(20-36(34)49)55-15-14-43(5,6)12-13-44(7,8)27-56-39-19-35-33(17-37(39)53-9)42(52)48-24-28(2)16-31(48)22-46-35/h17-20,22,30-32,50H,2-3,11-16,21,23-27,45H2,1,4-10H3/t30?,31?,32-/m1/s1. The summed E-state index contributed by atoms with van der Waals surface area (Å²) in [4.78, 5) is 37.7. The third-order valence-corrected chi connectivity index (χ3v) is 11.5. The van der Waals surface area contributed by atoms with Crippen molar-refractivity contribution < 1.29 is 33.6 Å². The minimum atomic E-state index is -0.317. The second-order valence-corrected chi connectivity index (χ2v) is 17.1. The zero-order chi connectivity index (χ0) is 40.9. The average molecular weight is 774 g/mol. The molecule has 3 N–H and O–H groups in total. The minimum Gasteiger partial charge on any atom is -0.493 e. The first-order valence-corrected chi connectivity index (χ1v) is 19.8. The summed E-state index contributed by atoms with van der Waals surface area (Å²) in [5.41, 5.74) is 9.68. The Balaban J connectivity index is 1.24. The normalized spacial score (nSPS) is 18.9. The highest BCUT2D eigenvalue weighted by Crippen LogP contribution is 2.42. The number of methoxy groups -OCH3 is 2. The first-order valence-electron chi connectivity index (χ1n) is 19.8. The number of nitrogens with two attached hydrogens (primary N) is 1. The van der Waals surface area contributed by atoms with Crippen LogP contribution in [0.2, 0.25) is 0 Å². The van der Waals surface area contributed by atoms with E-state index in [4.69, 9.17) is 24.7 Å². The molecule has 12 nitrogen and oxygen atoms in total. The maximum atomic E-state index is 14.0. The van der Waals surface area contributed by atoms with Gasteiger partial charge in [0.1, 0.15) is 0 Å². The summed E-state index contributed by atoms with van der Waals surface area (Å²) in [6, 6.07) is 6.86. The van der Waals surface area contributed by atoms with Gasteiger partial charge in [0.15, 0.2) is 23.0 Å². The van der Waals surface area contributed by atoms with Crippen LogP contribution >= 0.6 is 0 Å². The van der Waals surface area contributed by atoms with Crippen LogP contribution in [0.3, 0.4) is 0 Å². The Morgan fingerprint density at radius 1 is 0.964 bits per heavy atom. The van der Waals surface area contributed by atoms with Crippen molar-refractivity contribution in [3.63, 3.8) is 0 Å². The molecule has 0 bridgehead atoms. The number of amides is 2. The van der Waals surface area contributed by atoms with Crippen molar-refractivity contribution in [3.8, 4) is 23.0 Å². The molecular weight excluding hydrogens is 711 g/mol. The number of aliphatic hydroxyl groups excluding tert-OH is 1. The molecule has 3 atom stereocenters. The summed E-state index contributed by atoms with van der Waals surface area (Å²) in [6.07, 6.45) is 5.98. The summed E-state index contributed by atoms with van der Waals surface area (Å²) in [5, 5.41) is 10.6. The van der Waals surface area contributed by atoms with Crippen LogP contribution in [0, 0.1) is 10.8 Å². The van der Waals surface area contributed by atoms with E-state index < -0.39 is 0 Å². The fraction of sp³-hybridized carbons (Fsp3) is 0.568. The van der Waals surface area contributed by atoms with Crippen molar-refractivity contribution in [1.29, 1.82) is 0 Å². The maximum absolute atomic E-state index is 14.0. The Hall–Kier alpha value is -4.55. The molecule has 12 heteroatoms. The predicted octanol–water partition coefficient (Wildman–Crippen LogP) is 6.81. The van der Waals surface area contributed by atoms with Crippen LogP contribution in [0.25, 0.3) is 0 Å². The number of rotatable bonds is 18. The van der Waals surface area contributed by atoms with E-state index in [0.717, 1.165) is 48.9 Å². The van der Waals surface area contributed by atoms with Crippen molar-refractivity contribution in [3.05, 3.63) is 59.7 Å². The van der Waals surface area contributed by atoms with Crippen molar-refractivity contribution in [2.45, 2.75) is 91.8 Å². The summed E-state index contributed by atoms with van der Waals surface area (Å²) < 4.78 is 24.3. The number of fused-ring (bicyclic) bond motifs is 3. The molecule has 56 heavy (non-hydrogen) atoms. The molecule has 2 unspecified atom stereocenters. The molecule has 3 heterocycles. The van der Waals surface area contributed by atoms with E-state index in [0.29, 0.717) is 72.7 Å². The van der Waals surface area contributed by atoms with Gasteiger partial charge in [0.25, 0.3) is 11.8 Å². The molecule has 5 rings (SSSR count). The van der Waals surface area contributed by atoms with Gasteiger partial charge in [-0.15, -0.1) is 0 Å². The highest BCUT2D eigenvalue weighted by molar-refractivity contribution is 6.04. The number of hydrogen-bond acceptors (Lipinski definition) is 10. The van der Waals surface area contributed by atoms with Gasteiger partial charge in [-0.3, -0.25) is 14.6 Å². The molecule has 306 valence electrons. The monoisotopic (exact) mass is 773 g/mol. The second-order valence-electron chi connectivity index (χ2n) is 17.1. The van der Waals surface area contributed by atoms with Crippen LogP contribution in [0.1, 0.15) is 94.4 Å². The van der Waals surface area contributed by atoms with E-state index in [1.165, 1.54) is 0 Å². The lowest BCUT2D eigenvalue weighted by atomic mass is 9.78. The van der Waals surface area contributed by atoms with Gasteiger partial charge in [-0.25, -0.2) is 0 Å². The number of carbonyl (C=O) groups excluding carboxylic acids is 2. The van der Waals surface area contributed by atoms with Crippen LogP contribution in [-0.2, 0) is 0 Å². The molecule has 0 aromatic heterocycles. The lowest BCUT2D eigenvalue weighted by Gasteiger charge is -2.37. The Morgan fingerprint density at radius 3 is 2.27 bits per heavy atom. The molecule has 2 aromatic rings. The van der Waals surface area contributed by atoms with E-state index in [1.807, 2.05) is 23.2 Å². The predicted molar refractivity (Wildman–Crippen MR) is 222 cm³/mol. The molecule has 3 aliphatic heterocycles. The van der Waals surface area contributed by atoms with Crippen molar-refractivity contribution >= 4 is 29.4 Å². The quantitative estimate of drug-likeness (QED) is 0.157. The Bertz CT molecular complexity index is 1820. The summed E-state index contributed by atoms with van der Waals surface area (Å²) in [5.74, 6) is 1.86. The SMILES string of the molecule is C=C(CN)CN1C[C@H](CO)N(C(C)CC)c2cc(OCCC(C)(C)CCC(C)(C)COc3cc4c(cc3OC)C(=O)N3CC(=C)CC3C=N4)c(OC)cc2C1=O. The first kappa shape index (κ1) is 42.6. The second kappa shape index (κ2) is 17.7. The van der Waals surface area contributed by atoms with Crippen LogP contribution in [-0.4, -0.2) is 111 Å². The van der Waals surface area contributed by atoms with Gasteiger partial charge in [-0.1, -0.05) is 53.3 Å². The van der Waals surface area contributed by atoms with Crippen molar-refractivity contribution in [2.75, 3.05) is 65.1 Å². The molecule has 2 amide bonds. The molecule has 1 saturated heterocycles. The van der Waals surface area contributed by atoms with Gasteiger partial charge in [0, 0.05) is 50.6 Å². The fourth-order valence-electron chi connectivity index (χ4n) is 7.60. The van der Waals surface area contributed by atoms with Crippen LogP contribution in [0.5, 0.6) is 23.0 Å². The van der Waals surface area contributed by atoms with Gasteiger partial charge >= 0.3 is 0 Å². The highest BCUT2D eigenvalue weighted by Gasteiger charge is 2.37. The Kier molecular flexibility index (Phi) is 13.5. The summed E-state index contributed by atoms with van der Waals surface area (Å²) in [6.45, 7) is 23.4. The molecule has 1 fully saturated rings. The molecule has 3 aliphatic rings. The lowest BCUT2D eigenvalue weighted by molar-refractivity contribution is 0.0753. The number of ether oxygens (including phenoxy) is 4. The van der Waals surface area contributed by atoms with E-state index >= 15 is 0 Å². The largest absolute Gasteiger partial charge is 0.493 e. The van der Waals surface area contributed by atoms with Gasteiger partial charge in [-0.05, 0) is 67.6 Å². The summed E-state index contributed by atoms with van der Waals surface area (Å²) in [7, 11) is 3.16. The molecular formula is C44H63N5O7. The molecule has 2 aromatic carbocycles. The van der Waals surface area contributed by atoms with E-state index in [2.05, 4.69) is 64.6 Å². The topological polar surface area (TPSA) is 139 Å². The smallest absolute Gasteiger partial charge is 0.257 e. The fourth-order valence-corrected chi connectivity index (χ4v) is 7.60. The number of aliphatic imine (C=N–C) groups is 1. The molecule has 0 saturated carbocycles. The van der Waals surface area contributed by atoms with E-state index in [9.17, 15) is 14.7 Å². The third kappa shape index (κ3) is 9.52. The number of aliphatic hydroxyl groups is 1. The zero-order valence-corrected chi connectivity index (χ0v) is 34.8. The first-order chi connectivity index (χ1) is 26.5. The van der Waals surface area contributed by atoms with Crippen LogP contribution in [0.15, 0.2) is 53.6 Å². The Morgan fingerprint density at radius 2 is 1.62 bits per heavy atom. The van der Waals surface area contributed by atoms with Gasteiger partial charge < -0.3 is 44.5 Å². The van der Waals surface area contributed by atoms with Crippen LogP contribution < -0.4 is 29.6 Å². The van der Waals surface area contributed by atoms with Gasteiger partial charge in [0.05, 0.1) is 68.6 Å². The van der Waals surface area contributed by atoms with Crippen molar-refractivity contribution in [1.82, 2.24) is 9.80 Å². The number of anilines is 1. The number of benzene rings is 2. The number of hydrogen-bond donors (Lipinski definition) is 2. The number of carbonyl (C=O) groups is 2. The minimum absolute atomic E-state index is 0.0543. The van der Waals surface area contributed by atoms with E-state index in [-0.39, 0.29) is 53.9 Å².